The van der Waals surface area contributed by atoms with E-state index in [1.165, 1.54) is 32.6 Å². The van der Waals surface area contributed by atoms with Crippen LogP contribution in [0.1, 0.15) is 39.5 Å². The molecule has 0 fully saturated rings. The van der Waals surface area contributed by atoms with E-state index in [0.29, 0.717) is 6.61 Å². The maximum Gasteiger partial charge on any atom is 0.302 e. The molecule has 15 heavy (non-hydrogen) atoms. The summed E-state index contributed by atoms with van der Waals surface area (Å²) in [5, 5.41) is 0. The van der Waals surface area contributed by atoms with Crippen LogP contribution in [0.3, 0.4) is 0 Å². The molecule has 89 valence electrons. The average molecular weight is 299 g/mol. The summed E-state index contributed by atoms with van der Waals surface area (Å²) in [5.41, 5.74) is 0. The molecular weight excluding hydrogens is 279 g/mol. The molecule has 0 unspecified atom stereocenters. The molecule has 2 nitrogen and oxygen atoms in total. The molecule has 1 aliphatic carbocycles. The summed E-state index contributed by atoms with van der Waals surface area (Å²) in [4.78, 5) is 9.82. The van der Waals surface area contributed by atoms with E-state index in [2.05, 4.69) is 29.0 Å². The topological polar surface area (TPSA) is 26.3 Å². The van der Waals surface area contributed by atoms with Crippen LogP contribution in [0.25, 0.3) is 0 Å². The van der Waals surface area contributed by atoms with Crippen molar-refractivity contribution in [2.24, 2.45) is 0 Å². The predicted molar refractivity (Wildman–Crippen MR) is 59.1 cm³/mol. The first-order valence-electron chi connectivity index (χ1n) is 5.20. The standard InChI is InChI=1S/C8H12.C4H8O2.Rh/c1-2-4-6-8-7-5-3-1;1-3-6-4(2)5;/h1-2,7-8H,3-6H2;3H2,1-2H3;. The van der Waals surface area contributed by atoms with Crippen molar-refractivity contribution in [1.29, 1.82) is 0 Å². The van der Waals surface area contributed by atoms with E-state index in [9.17, 15) is 4.79 Å². The zero-order valence-corrected chi connectivity index (χ0v) is 11.1. The summed E-state index contributed by atoms with van der Waals surface area (Å²) >= 11 is 0. The molecule has 0 bridgehead atoms. The number of rotatable bonds is 1. The summed E-state index contributed by atoms with van der Waals surface area (Å²) in [6.45, 7) is 3.65. The molecule has 1 rings (SSSR count). The van der Waals surface area contributed by atoms with Gasteiger partial charge in [-0.3, -0.25) is 4.79 Å². The van der Waals surface area contributed by atoms with Crippen molar-refractivity contribution < 1.29 is 29.0 Å². The third-order valence-electron chi connectivity index (χ3n) is 1.68. The van der Waals surface area contributed by atoms with Gasteiger partial charge in [0.05, 0.1) is 6.61 Å². The fourth-order valence-corrected chi connectivity index (χ4v) is 1.06. The van der Waals surface area contributed by atoms with Gasteiger partial charge < -0.3 is 4.74 Å². The fourth-order valence-electron chi connectivity index (χ4n) is 1.06. The van der Waals surface area contributed by atoms with Gasteiger partial charge in [-0.25, -0.2) is 0 Å². The third kappa shape index (κ3) is 16.3. The second-order valence-corrected chi connectivity index (χ2v) is 3.02. The Bertz CT molecular complexity index is 172. The molecular formula is C12H20O2Rh. The van der Waals surface area contributed by atoms with Gasteiger partial charge in [0.15, 0.2) is 0 Å². The summed E-state index contributed by atoms with van der Waals surface area (Å²) in [6.07, 6.45) is 14.0. The first-order valence-corrected chi connectivity index (χ1v) is 5.20. The zero-order chi connectivity index (χ0) is 10.6. The SMILES string of the molecule is C1=CCCC=CCC1.CCOC(C)=O.[Rh]. The van der Waals surface area contributed by atoms with Crippen LogP contribution in [0.15, 0.2) is 24.3 Å². The van der Waals surface area contributed by atoms with Crippen molar-refractivity contribution in [3.05, 3.63) is 24.3 Å². The van der Waals surface area contributed by atoms with Crippen LogP contribution >= 0.6 is 0 Å². The van der Waals surface area contributed by atoms with Gasteiger partial charge in [-0.2, -0.15) is 0 Å². The number of hydrogen-bond donors (Lipinski definition) is 0. The molecule has 0 saturated heterocycles. The van der Waals surface area contributed by atoms with E-state index in [4.69, 9.17) is 0 Å². The predicted octanol–water partition coefficient (Wildman–Crippen LogP) is 3.24. The van der Waals surface area contributed by atoms with Crippen LogP contribution in [0.4, 0.5) is 0 Å². The third-order valence-corrected chi connectivity index (χ3v) is 1.68. The van der Waals surface area contributed by atoms with Gasteiger partial charge in [-0.1, -0.05) is 24.3 Å². The van der Waals surface area contributed by atoms with Crippen molar-refractivity contribution in [2.45, 2.75) is 39.5 Å². The molecule has 0 spiro atoms. The van der Waals surface area contributed by atoms with E-state index >= 15 is 0 Å². The first kappa shape index (κ1) is 17.0. The molecule has 0 aromatic rings. The van der Waals surface area contributed by atoms with Crippen molar-refractivity contribution in [2.75, 3.05) is 6.61 Å². The van der Waals surface area contributed by atoms with Crippen molar-refractivity contribution in [3.63, 3.8) is 0 Å². The smallest absolute Gasteiger partial charge is 0.302 e. The van der Waals surface area contributed by atoms with Crippen LogP contribution in [-0.4, -0.2) is 12.6 Å². The number of allylic oxidation sites excluding steroid dienone is 4. The summed E-state index contributed by atoms with van der Waals surface area (Å²) < 4.78 is 4.40. The quantitative estimate of drug-likeness (QED) is 0.422. The normalized spacial score (nSPS) is 13.7. The van der Waals surface area contributed by atoms with E-state index in [1.54, 1.807) is 6.92 Å². The van der Waals surface area contributed by atoms with Gasteiger partial charge in [0, 0.05) is 26.4 Å². The van der Waals surface area contributed by atoms with Crippen molar-refractivity contribution in [3.8, 4) is 0 Å². The second kappa shape index (κ2) is 13.6. The van der Waals surface area contributed by atoms with E-state index in [-0.39, 0.29) is 25.4 Å². The van der Waals surface area contributed by atoms with Gasteiger partial charge in [0.2, 0.25) is 0 Å². The number of esters is 1. The average Bonchev–Trinajstić information content (AvgIpc) is 2.02. The summed E-state index contributed by atoms with van der Waals surface area (Å²) in [7, 11) is 0. The zero-order valence-electron chi connectivity index (χ0n) is 9.49. The van der Waals surface area contributed by atoms with Gasteiger partial charge >= 0.3 is 5.97 Å². The Morgan fingerprint density at radius 3 is 1.53 bits per heavy atom. The van der Waals surface area contributed by atoms with Crippen LogP contribution in [0, 0.1) is 0 Å². The molecule has 0 atom stereocenters. The largest absolute Gasteiger partial charge is 0.466 e. The summed E-state index contributed by atoms with van der Waals surface area (Å²) in [6, 6.07) is 0. The first-order chi connectivity index (χ1) is 6.77. The van der Waals surface area contributed by atoms with Crippen LogP contribution in [-0.2, 0) is 29.0 Å². The molecule has 0 heterocycles. The Morgan fingerprint density at radius 2 is 1.40 bits per heavy atom. The maximum atomic E-state index is 9.82. The van der Waals surface area contributed by atoms with Gasteiger partial charge in [0.1, 0.15) is 0 Å². The molecule has 0 aromatic carbocycles. The van der Waals surface area contributed by atoms with Gasteiger partial charge in [0.25, 0.3) is 0 Å². The van der Waals surface area contributed by atoms with Crippen LogP contribution in [0.2, 0.25) is 0 Å². The van der Waals surface area contributed by atoms with Crippen molar-refractivity contribution >= 4 is 5.97 Å². The molecule has 0 aliphatic heterocycles. The minimum Gasteiger partial charge on any atom is -0.466 e. The Morgan fingerprint density at radius 1 is 1.07 bits per heavy atom. The second-order valence-electron chi connectivity index (χ2n) is 3.02. The van der Waals surface area contributed by atoms with Crippen LogP contribution < -0.4 is 0 Å². The minimum absolute atomic E-state index is 0. The molecule has 3 heteroatoms. The minimum atomic E-state index is -0.211. The molecule has 0 N–H and O–H groups in total. The number of hydrogen-bond acceptors (Lipinski definition) is 2. The van der Waals surface area contributed by atoms with Gasteiger partial charge in [-0.05, 0) is 32.6 Å². The van der Waals surface area contributed by atoms with Gasteiger partial charge in [-0.15, -0.1) is 0 Å². The molecule has 0 aromatic heterocycles. The number of carbonyl (C=O) groups is 1. The molecule has 1 radical (unpaired) electrons. The Hall–Kier alpha value is -0.427. The van der Waals surface area contributed by atoms with Crippen molar-refractivity contribution in [1.82, 2.24) is 0 Å². The monoisotopic (exact) mass is 299 g/mol. The van der Waals surface area contributed by atoms with E-state index in [1.807, 2.05) is 0 Å². The number of carbonyl (C=O) groups excluding carboxylic acids is 1. The van der Waals surface area contributed by atoms with E-state index in [0.717, 1.165) is 0 Å². The molecule has 0 saturated carbocycles. The summed E-state index contributed by atoms with van der Waals surface area (Å²) in [5.74, 6) is -0.211. The molecule has 1 aliphatic rings. The molecule has 0 amide bonds. The Balaban J connectivity index is 0. The Labute approximate surface area is 106 Å². The fraction of sp³-hybridized carbons (Fsp3) is 0.583. The van der Waals surface area contributed by atoms with E-state index < -0.39 is 0 Å². The maximum absolute atomic E-state index is 9.82. The number of ether oxygens (including phenoxy) is 1. The Kier molecular flexibility index (Phi) is 15.4. The van der Waals surface area contributed by atoms with Crippen LogP contribution in [0.5, 0.6) is 0 Å².